The van der Waals surface area contributed by atoms with Crippen LogP contribution in [0.4, 0.5) is 0 Å². The molecule has 4 rings (SSSR count). The lowest BCUT2D eigenvalue weighted by atomic mass is 9.93. The Morgan fingerprint density at radius 3 is 2.29 bits per heavy atom. The monoisotopic (exact) mass is 436 g/mol. The second-order valence-electron chi connectivity index (χ2n) is 7.65. The summed E-state index contributed by atoms with van der Waals surface area (Å²) in [4.78, 5) is 0. The van der Waals surface area contributed by atoms with Gasteiger partial charge in [-0.1, -0.05) is 12.1 Å². The minimum absolute atomic E-state index is 0.0432. The van der Waals surface area contributed by atoms with Gasteiger partial charge in [0.15, 0.2) is 12.4 Å². The molecule has 0 amide bonds. The molecule has 2 aromatic carbocycles. The van der Waals surface area contributed by atoms with E-state index < -0.39 is 49.5 Å². The molecule has 2 aromatic rings. The Hall–Kier alpha value is -2.60. The van der Waals surface area contributed by atoms with Crippen LogP contribution in [0, 0.1) is 0 Å². The van der Waals surface area contributed by atoms with E-state index >= 15 is 0 Å². The maximum atomic E-state index is 10.3. The normalized spacial score (nSPS) is 32.8. The highest BCUT2D eigenvalue weighted by atomic mass is 16.7. The van der Waals surface area contributed by atoms with Gasteiger partial charge < -0.3 is 50.0 Å². The molecule has 2 heterocycles. The van der Waals surface area contributed by atoms with Gasteiger partial charge in [0.25, 0.3) is 0 Å². The SMILES string of the molecule is OCC1O[C@@H](O[C@@H]2Cc3c(O)cc(O)cc3O[C@@H]2c2ccc(O)cc2)C(O)C(O)[C@@H]1O. The summed E-state index contributed by atoms with van der Waals surface area (Å²) in [5.74, 6) is -0.110. The average Bonchev–Trinajstić information content (AvgIpc) is 2.74. The van der Waals surface area contributed by atoms with Crippen LogP contribution in [0.1, 0.15) is 17.2 Å². The van der Waals surface area contributed by atoms with E-state index in [1.807, 2.05) is 0 Å². The quantitative estimate of drug-likeness (QED) is 0.337. The van der Waals surface area contributed by atoms with Crippen LogP contribution < -0.4 is 4.74 Å². The summed E-state index contributed by atoms with van der Waals surface area (Å²) in [7, 11) is 0. The van der Waals surface area contributed by atoms with E-state index in [-0.39, 0.29) is 29.4 Å². The lowest BCUT2D eigenvalue weighted by Crippen LogP contribution is -2.60. The average molecular weight is 436 g/mol. The predicted octanol–water partition coefficient (Wildman–Crippen LogP) is -0.335. The lowest BCUT2D eigenvalue weighted by molar-refractivity contribution is -0.317. The molecule has 2 aliphatic rings. The van der Waals surface area contributed by atoms with Gasteiger partial charge >= 0.3 is 0 Å². The summed E-state index contributed by atoms with van der Waals surface area (Å²) < 4.78 is 17.3. The van der Waals surface area contributed by atoms with E-state index in [9.17, 15) is 35.7 Å². The van der Waals surface area contributed by atoms with Crippen molar-refractivity contribution >= 4 is 0 Å². The second kappa shape index (κ2) is 8.50. The molecule has 10 nitrogen and oxygen atoms in total. The molecule has 0 aromatic heterocycles. The van der Waals surface area contributed by atoms with Crippen molar-refractivity contribution in [1.82, 2.24) is 0 Å². The summed E-state index contributed by atoms with van der Waals surface area (Å²) in [5.41, 5.74) is 0.961. The number of benzene rings is 2. The molecule has 7 atom stereocenters. The molecule has 10 heteroatoms. The van der Waals surface area contributed by atoms with Crippen molar-refractivity contribution in [3.8, 4) is 23.0 Å². The van der Waals surface area contributed by atoms with Crippen LogP contribution in [0.2, 0.25) is 0 Å². The van der Waals surface area contributed by atoms with Gasteiger partial charge in [-0.25, -0.2) is 0 Å². The van der Waals surface area contributed by atoms with Crippen LogP contribution in [0.25, 0.3) is 0 Å². The largest absolute Gasteiger partial charge is 0.508 e. The minimum atomic E-state index is -1.61. The zero-order valence-electron chi connectivity index (χ0n) is 16.3. The molecular weight excluding hydrogens is 412 g/mol. The van der Waals surface area contributed by atoms with Crippen molar-refractivity contribution < 1.29 is 50.0 Å². The number of phenolic OH excluding ortho intramolecular Hbond substituents is 3. The Bertz CT molecular complexity index is 915. The summed E-state index contributed by atoms with van der Waals surface area (Å²) >= 11 is 0. The first-order valence-corrected chi connectivity index (χ1v) is 9.75. The Balaban J connectivity index is 1.66. The van der Waals surface area contributed by atoms with Gasteiger partial charge in [0, 0.05) is 24.1 Å². The molecule has 168 valence electrons. The molecule has 0 saturated carbocycles. The van der Waals surface area contributed by atoms with E-state index in [0.29, 0.717) is 11.1 Å². The van der Waals surface area contributed by atoms with Crippen LogP contribution in [0.3, 0.4) is 0 Å². The fourth-order valence-corrected chi connectivity index (χ4v) is 3.87. The number of ether oxygens (including phenoxy) is 3. The van der Waals surface area contributed by atoms with E-state index in [2.05, 4.69) is 0 Å². The van der Waals surface area contributed by atoms with Crippen LogP contribution in [-0.4, -0.2) is 79.2 Å². The first-order chi connectivity index (χ1) is 14.8. The third-order valence-corrected chi connectivity index (χ3v) is 5.55. The molecule has 1 fully saturated rings. The number of aromatic hydroxyl groups is 3. The van der Waals surface area contributed by atoms with Crippen molar-refractivity contribution in [3.63, 3.8) is 0 Å². The number of hydrogen-bond acceptors (Lipinski definition) is 10. The number of aliphatic hydroxyl groups is 4. The molecule has 3 unspecified atom stereocenters. The zero-order chi connectivity index (χ0) is 22.3. The van der Waals surface area contributed by atoms with Crippen molar-refractivity contribution in [3.05, 3.63) is 47.5 Å². The molecule has 0 aliphatic carbocycles. The van der Waals surface area contributed by atoms with Crippen molar-refractivity contribution in [1.29, 1.82) is 0 Å². The molecular formula is C21H24O10. The third-order valence-electron chi connectivity index (χ3n) is 5.55. The van der Waals surface area contributed by atoms with Crippen LogP contribution >= 0.6 is 0 Å². The maximum absolute atomic E-state index is 10.3. The molecule has 0 bridgehead atoms. The number of rotatable bonds is 4. The van der Waals surface area contributed by atoms with Crippen molar-refractivity contribution in [2.45, 2.75) is 49.3 Å². The predicted molar refractivity (Wildman–Crippen MR) is 104 cm³/mol. The first kappa shape index (κ1) is 21.6. The molecule has 1 saturated heterocycles. The number of phenols is 3. The van der Waals surface area contributed by atoms with E-state index in [1.165, 1.54) is 18.2 Å². The van der Waals surface area contributed by atoms with Gasteiger partial charge in [-0.3, -0.25) is 0 Å². The molecule has 31 heavy (non-hydrogen) atoms. The van der Waals surface area contributed by atoms with Gasteiger partial charge in [-0.2, -0.15) is 0 Å². The van der Waals surface area contributed by atoms with E-state index in [4.69, 9.17) is 14.2 Å². The van der Waals surface area contributed by atoms with Crippen LogP contribution in [0.15, 0.2) is 36.4 Å². The molecule has 7 N–H and O–H groups in total. The Morgan fingerprint density at radius 2 is 1.61 bits per heavy atom. The first-order valence-electron chi connectivity index (χ1n) is 9.75. The Labute approximate surface area is 177 Å². The summed E-state index contributed by atoms with van der Waals surface area (Å²) in [6.45, 7) is -0.601. The molecule has 2 aliphatic heterocycles. The van der Waals surface area contributed by atoms with Crippen molar-refractivity contribution in [2.75, 3.05) is 6.61 Å². The van der Waals surface area contributed by atoms with Crippen molar-refractivity contribution in [2.24, 2.45) is 0 Å². The van der Waals surface area contributed by atoms with Gasteiger partial charge in [-0.05, 0) is 17.7 Å². The maximum Gasteiger partial charge on any atom is 0.187 e. The standard InChI is InChI=1S/C21H24O10/c22-8-16-17(26)18(27)19(28)21(31-16)30-15-7-12-13(25)5-11(24)6-14(12)29-20(15)9-1-3-10(23)4-2-9/h1-6,15-28H,7-8H2/t15-,16?,17-,18?,19?,20-,21-/m1/s1. The Morgan fingerprint density at radius 1 is 0.903 bits per heavy atom. The summed E-state index contributed by atoms with van der Waals surface area (Å²) in [6, 6.07) is 8.65. The fourth-order valence-electron chi connectivity index (χ4n) is 3.87. The molecule has 0 radical (unpaired) electrons. The number of fused-ring (bicyclic) bond motifs is 1. The van der Waals surface area contributed by atoms with Gasteiger partial charge in [0.05, 0.1) is 6.61 Å². The zero-order valence-corrected chi connectivity index (χ0v) is 16.3. The van der Waals surface area contributed by atoms with E-state index in [1.54, 1.807) is 12.1 Å². The number of aliphatic hydroxyl groups excluding tert-OH is 4. The highest BCUT2D eigenvalue weighted by molar-refractivity contribution is 5.51. The van der Waals surface area contributed by atoms with Crippen LogP contribution in [-0.2, 0) is 15.9 Å². The topological polar surface area (TPSA) is 169 Å². The van der Waals surface area contributed by atoms with Gasteiger partial charge in [-0.15, -0.1) is 0 Å². The highest BCUT2D eigenvalue weighted by Crippen LogP contribution is 2.43. The minimum Gasteiger partial charge on any atom is -0.508 e. The van der Waals surface area contributed by atoms with Gasteiger partial charge in [0.2, 0.25) is 0 Å². The Kier molecular flexibility index (Phi) is 5.93. The van der Waals surface area contributed by atoms with E-state index in [0.717, 1.165) is 6.07 Å². The highest BCUT2D eigenvalue weighted by Gasteiger charge is 2.46. The molecule has 0 spiro atoms. The third kappa shape index (κ3) is 4.13. The fraction of sp³-hybridized carbons (Fsp3) is 0.429. The van der Waals surface area contributed by atoms with Gasteiger partial charge in [0.1, 0.15) is 53.5 Å². The lowest BCUT2D eigenvalue weighted by Gasteiger charge is -2.43. The number of hydrogen-bond donors (Lipinski definition) is 7. The summed E-state index contributed by atoms with van der Waals surface area (Å²) in [5, 5.41) is 69.4. The van der Waals surface area contributed by atoms with Crippen LogP contribution in [0.5, 0.6) is 23.0 Å². The summed E-state index contributed by atoms with van der Waals surface area (Å²) in [6.07, 6.45) is -8.80. The smallest absolute Gasteiger partial charge is 0.187 e. The second-order valence-corrected chi connectivity index (χ2v) is 7.65.